The SMILES string of the molecule is CC(C)(N)Cc1c(-c2c3ccccc3cc3ccccc23)nc2cnccn12. The normalized spacial score (nSPS) is 12.2. The molecule has 4 nitrogen and oxygen atoms in total. The summed E-state index contributed by atoms with van der Waals surface area (Å²) in [4.78, 5) is 9.28. The topological polar surface area (TPSA) is 56.2 Å². The van der Waals surface area contributed by atoms with Crippen LogP contribution in [0.3, 0.4) is 0 Å². The van der Waals surface area contributed by atoms with Gasteiger partial charge in [-0.05, 0) is 41.5 Å². The van der Waals surface area contributed by atoms with Crippen LogP contribution in [0.4, 0.5) is 0 Å². The molecule has 0 spiro atoms. The molecule has 2 heterocycles. The Balaban J connectivity index is 1.95. The highest BCUT2D eigenvalue weighted by Gasteiger charge is 2.23. The molecule has 0 atom stereocenters. The molecule has 2 aromatic heterocycles. The molecule has 4 heteroatoms. The third-order valence-corrected chi connectivity index (χ3v) is 5.16. The first-order chi connectivity index (χ1) is 13.5. The number of aromatic nitrogens is 3. The molecule has 0 saturated carbocycles. The Kier molecular flexibility index (Phi) is 3.71. The minimum atomic E-state index is -0.353. The number of rotatable bonds is 3. The maximum Gasteiger partial charge on any atom is 0.156 e. The second-order valence-corrected chi connectivity index (χ2v) is 8.07. The number of benzene rings is 3. The zero-order valence-corrected chi connectivity index (χ0v) is 16.1. The lowest BCUT2D eigenvalue weighted by Crippen LogP contribution is -2.35. The van der Waals surface area contributed by atoms with Gasteiger partial charge in [-0.25, -0.2) is 4.98 Å². The van der Waals surface area contributed by atoms with Crippen LogP contribution in [0.25, 0.3) is 38.4 Å². The Morgan fingerprint density at radius 3 is 2.25 bits per heavy atom. The first-order valence-corrected chi connectivity index (χ1v) is 9.52. The molecule has 0 aliphatic carbocycles. The van der Waals surface area contributed by atoms with Crippen molar-refractivity contribution in [1.82, 2.24) is 14.4 Å². The molecule has 0 aliphatic heterocycles. The van der Waals surface area contributed by atoms with Crippen molar-refractivity contribution >= 4 is 27.2 Å². The molecule has 3 aromatic carbocycles. The van der Waals surface area contributed by atoms with Crippen molar-refractivity contribution < 1.29 is 0 Å². The highest BCUT2D eigenvalue weighted by molar-refractivity contribution is 6.12. The first kappa shape index (κ1) is 16.9. The lowest BCUT2D eigenvalue weighted by Gasteiger charge is -2.20. The van der Waals surface area contributed by atoms with Crippen molar-refractivity contribution in [1.29, 1.82) is 0 Å². The molecule has 28 heavy (non-hydrogen) atoms. The maximum atomic E-state index is 6.43. The molecule has 0 saturated heterocycles. The molecule has 0 radical (unpaired) electrons. The van der Waals surface area contributed by atoms with E-state index in [-0.39, 0.29) is 5.54 Å². The zero-order valence-electron chi connectivity index (χ0n) is 16.1. The van der Waals surface area contributed by atoms with Crippen LogP contribution in [0, 0.1) is 0 Å². The third kappa shape index (κ3) is 2.74. The molecule has 0 amide bonds. The summed E-state index contributed by atoms with van der Waals surface area (Å²) in [5, 5.41) is 4.83. The number of nitrogens with zero attached hydrogens (tertiary/aromatic N) is 3. The summed E-state index contributed by atoms with van der Waals surface area (Å²) >= 11 is 0. The smallest absolute Gasteiger partial charge is 0.156 e. The number of nitrogens with two attached hydrogens (primary N) is 1. The lowest BCUT2D eigenvalue weighted by molar-refractivity contribution is 0.509. The van der Waals surface area contributed by atoms with Gasteiger partial charge in [-0.3, -0.25) is 4.98 Å². The van der Waals surface area contributed by atoms with Crippen LogP contribution in [0.5, 0.6) is 0 Å². The van der Waals surface area contributed by atoms with Gasteiger partial charge in [0, 0.05) is 29.9 Å². The number of imidazole rings is 1. The number of hydrogen-bond donors (Lipinski definition) is 1. The van der Waals surface area contributed by atoms with Crippen molar-refractivity contribution in [3.8, 4) is 11.3 Å². The molecule has 2 N–H and O–H groups in total. The predicted octanol–water partition coefficient (Wildman–Crippen LogP) is 4.98. The van der Waals surface area contributed by atoms with Gasteiger partial charge in [0.25, 0.3) is 0 Å². The highest BCUT2D eigenvalue weighted by Crippen LogP contribution is 2.38. The van der Waals surface area contributed by atoms with Gasteiger partial charge in [-0.1, -0.05) is 48.5 Å². The van der Waals surface area contributed by atoms with E-state index in [0.717, 1.165) is 22.6 Å². The van der Waals surface area contributed by atoms with Gasteiger partial charge < -0.3 is 10.1 Å². The number of hydrogen-bond acceptors (Lipinski definition) is 3. The van der Waals surface area contributed by atoms with Crippen LogP contribution in [-0.2, 0) is 6.42 Å². The molecule has 5 aromatic rings. The largest absolute Gasteiger partial charge is 0.325 e. The summed E-state index contributed by atoms with van der Waals surface area (Å²) in [5.41, 5.74) is 10.2. The van der Waals surface area contributed by atoms with Crippen molar-refractivity contribution in [2.45, 2.75) is 25.8 Å². The summed E-state index contributed by atoms with van der Waals surface area (Å²) in [6.45, 7) is 4.11. The van der Waals surface area contributed by atoms with Crippen LogP contribution in [0.2, 0.25) is 0 Å². The minimum absolute atomic E-state index is 0.353. The summed E-state index contributed by atoms with van der Waals surface area (Å²) in [7, 11) is 0. The van der Waals surface area contributed by atoms with E-state index in [0.29, 0.717) is 6.42 Å². The molecule has 0 bridgehead atoms. The van der Waals surface area contributed by atoms with Gasteiger partial charge in [0.15, 0.2) is 5.65 Å². The van der Waals surface area contributed by atoms with Gasteiger partial charge in [-0.2, -0.15) is 0 Å². The van der Waals surface area contributed by atoms with Crippen molar-refractivity contribution in [2.75, 3.05) is 0 Å². The number of fused-ring (bicyclic) bond motifs is 3. The van der Waals surface area contributed by atoms with Gasteiger partial charge in [0.1, 0.15) is 0 Å². The highest BCUT2D eigenvalue weighted by atomic mass is 15.0. The van der Waals surface area contributed by atoms with E-state index in [4.69, 9.17) is 10.7 Å². The van der Waals surface area contributed by atoms with Gasteiger partial charge in [0.05, 0.1) is 17.6 Å². The second-order valence-electron chi connectivity index (χ2n) is 8.07. The summed E-state index contributed by atoms with van der Waals surface area (Å²) in [5.74, 6) is 0. The van der Waals surface area contributed by atoms with Gasteiger partial charge >= 0.3 is 0 Å². The van der Waals surface area contributed by atoms with Crippen molar-refractivity contribution in [2.24, 2.45) is 5.73 Å². The van der Waals surface area contributed by atoms with Crippen LogP contribution < -0.4 is 5.73 Å². The average Bonchev–Trinajstić information content (AvgIpc) is 3.02. The second kappa shape index (κ2) is 6.14. The molecular weight excluding hydrogens is 344 g/mol. The average molecular weight is 366 g/mol. The monoisotopic (exact) mass is 366 g/mol. The Morgan fingerprint density at radius 2 is 1.61 bits per heavy atom. The lowest BCUT2D eigenvalue weighted by atomic mass is 9.91. The van der Waals surface area contributed by atoms with Crippen molar-refractivity contribution in [3.63, 3.8) is 0 Å². The van der Waals surface area contributed by atoms with E-state index < -0.39 is 0 Å². The first-order valence-electron chi connectivity index (χ1n) is 9.52. The third-order valence-electron chi connectivity index (χ3n) is 5.16. The molecule has 138 valence electrons. The molecule has 0 aliphatic rings. The fourth-order valence-electron chi connectivity index (χ4n) is 4.03. The van der Waals surface area contributed by atoms with E-state index in [2.05, 4.69) is 77.8 Å². The summed E-state index contributed by atoms with van der Waals surface area (Å²) in [6.07, 6.45) is 6.29. The van der Waals surface area contributed by atoms with E-state index in [9.17, 15) is 0 Å². The zero-order chi connectivity index (χ0) is 19.3. The van der Waals surface area contributed by atoms with Crippen LogP contribution in [0.1, 0.15) is 19.5 Å². The minimum Gasteiger partial charge on any atom is -0.325 e. The van der Waals surface area contributed by atoms with Gasteiger partial charge in [0.2, 0.25) is 0 Å². The molecule has 0 unspecified atom stereocenters. The van der Waals surface area contributed by atoms with Crippen LogP contribution >= 0.6 is 0 Å². The Morgan fingerprint density at radius 1 is 0.964 bits per heavy atom. The summed E-state index contributed by atoms with van der Waals surface area (Å²) < 4.78 is 2.12. The quantitative estimate of drug-likeness (QED) is 0.458. The van der Waals surface area contributed by atoms with Gasteiger partial charge in [-0.15, -0.1) is 0 Å². The Labute approximate surface area is 163 Å². The maximum absolute atomic E-state index is 6.43. The Hall–Kier alpha value is -3.24. The van der Waals surface area contributed by atoms with E-state index in [1.54, 1.807) is 6.20 Å². The van der Waals surface area contributed by atoms with Crippen LogP contribution in [0.15, 0.2) is 73.2 Å². The van der Waals surface area contributed by atoms with E-state index >= 15 is 0 Å². The fraction of sp³-hybridized carbons (Fsp3) is 0.167. The van der Waals surface area contributed by atoms with E-state index in [1.807, 2.05) is 12.4 Å². The molecule has 0 fully saturated rings. The standard InChI is InChI=1S/C24H22N4/c1-24(2,25)14-20-23(27-21-15-26-11-12-28(20)21)22-18-9-5-3-7-16(18)13-17-8-4-6-10-19(17)22/h3-13,15H,14,25H2,1-2H3. The van der Waals surface area contributed by atoms with Crippen molar-refractivity contribution in [3.05, 3.63) is 78.9 Å². The molecular formula is C24H22N4. The predicted molar refractivity (Wildman–Crippen MR) is 115 cm³/mol. The molecule has 5 rings (SSSR count). The fourth-order valence-corrected chi connectivity index (χ4v) is 4.03. The van der Waals surface area contributed by atoms with Crippen LogP contribution in [-0.4, -0.2) is 19.9 Å². The summed E-state index contributed by atoms with van der Waals surface area (Å²) in [6, 6.07) is 19.3. The van der Waals surface area contributed by atoms with E-state index in [1.165, 1.54) is 21.5 Å². The Bertz CT molecular complexity index is 1270.